The Kier molecular flexibility index (Phi) is 5.35. The van der Waals surface area contributed by atoms with Gasteiger partial charge in [0.05, 0.1) is 7.11 Å². The zero-order valence-electron chi connectivity index (χ0n) is 16.1. The Balaban J connectivity index is 1.69. The molecular formula is C21H25N3O3. The number of hydrogen-bond acceptors (Lipinski definition) is 4. The van der Waals surface area contributed by atoms with Crippen LogP contribution in [0.2, 0.25) is 0 Å². The van der Waals surface area contributed by atoms with Gasteiger partial charge in [-0.15, -0.1) is 0 Å². The molecule has 3 rings (SSSR count). The van der Waals surface area contributed by atoms with Gasteiger partial charge in [-0.25, -0.2) is 4.79 Å². The molecule has 1 N–H and O–H groups in total. The SMILES string of the molecule is COC(=O)N(C)c1ccc(N[C@H](C)C(=O)N2c3ccccc3C[C@@H]2C)cc1. The van der Waals surface area contributed by atoms with Crippen LogP contribution >= 0.6 is 0 Å². The summed E-state index contributed by atoms with van der Waals surface area (Å²) in [6.07, 6.45) is 0.448. The summed E-state index contributed by atoms with van der Waals surface area (Å²) in [5.41, 5.74) is 3.74. The number of carbonyl (C=O) groups excluding carboxylic acids is 2. The topological polar surface area (TPSA) is 61.9 Å². The number of ether oxygens (including phenoxy) is 1. The van der Waals surface area contributed by atoms with E-state index < -0.39 is 6.09 Å². The number of amides is 2. The third-order valence-electron chi connectivity index (χ3n) is 4.90. The minimum atomic E-state index is -0.430. The fourth-order valence-corrected chi connectivity index (χ4v) is 3.45. The van der Waals surface area contributed by atoms with Gasteiger partial charge in [0.2, 0.25) is 5.91 Å². The van der Waals surface area contributed by atoms with Gasteiger partial charge < -0.3 is 15.0 Å². The Labute approximate surface area is 159 Å². The number of para-hydroxylation sites is 1. The Hall–Kier alpha value is -3.02. The minimum Gasteiger partial charge on any atom is -0.452 e. The van der Waals surface area contributed by atoms with Gasteiger partial charge in [-0.05, 0) is 56.2 Å². The lowest BCUT2D eigenvalue weighted by Gasteiger charge is -2.27. The molecule has 6 heteroatoms. The Morgan fingerprint density at radius 1 is 1.19 bits per heavy atom. The van der Waals surface area contributed by atoms with Crippen LogP contribution in [-0.2, 0) is 16.0 Å². The normalized spacial score (nSPS) is 16.4. The van der Waals surface area contributed by atoms with Gasteiger partial charge in [-0.3, -0.25) is 9.69 Å². The van der Waals surface area contributed by atoms with Crippen molar-refractivity contribution in [1.82, 2.24) is 0 Å². The monoisotopic (exact) mass is 367 g/mol. The molecule has 0 radical (unpaired) electrons. The third-order valence-corrected chi connectivity index (χ3v) is 4.90. The molecule has 142 valence electrons. The number of hydrogen-bond donors (Lipinski definition) is 1. The number of benzene rings is 2. The van der Waals surface area contributed by atoms with E-state index in [9.17, 15) is 9.59 Å². The van der Waals surface area contributed by atoms with Gasteiger partial charge >= 0.3 is 6.09 Å². The van der Waals surface area contributed by atoms with E-state index in [-0.39, 0.29) is 18.0 Å². The molecule has 0 unspecified atom stereocenters. The van der Waals surface area contributed by atoms with E-state index >= 15 is 0 Å². The summed E-state index contributed by atoms with van der Waals surface area (Å²) >= 11 is 0. The maximum absolute atomic E-state index is 13.0. The molecule has 6 nitrogen and oxygen atoms in total. The van der Waals surface area contributed by atoms with Crippen molar-refractivity contribution in [1.29, 1.82) is 0 Å². The van der Waals surface area contributed by atoms with Crippen molar-refractivity contribution in [2.24, 2.45) is 0 Å². The van der Waals surface area contributed by atoms with Crippen LogP contribution in [0.1, 0.15) is 19.4 Å². The molecule has 2 aromatic rings. The van der Waals surface area contributed by atoms with Crippen LogP contribution in [0.5, 0.6) is 0 Å². The molecular weight excluding hydrogens is 342 g/mol. The second-order valence-corrected chi connectivity index (χ2v) is 6.83. The highest BCUT2D eigenvalue weighted by molar-refractivity contribution is 6.00. The van der Waals surface area contributed by atoms with E-state index in [1.807, 2.05) is 54.3 Å². The largest absolute Gasteiger partial charge is 0.452 e. The van der Waals surface area contributed by atoms with E-state index in [0.29, 0.717) is 5.69 Å². The lowest BCUT2D eigenvalue weighted by atomic mass is 10.1. The second-order valence-electron chi connectivity index (χ2n) is 6.83. The smallest absolute Gasteiger partial charge is 0.413 e. The molecule has 27 heavy (non-hydrogen) atoms. The standard InChI is InChI=1S/C21H25N3O3/c1-14-13-16-7-5-6-8-19(16)24(14)20(25)15(2)22-17-9-11-18(12-10-17)23(3)21(26)27-4/h5-12,14-15,22H,13H2,1-4H3/t14-,15+/m0/s1. The van der Waals surface area contributed by atoms with Gasteiger partial charge in [-0.2, -0.15) is 0 Å². The maximum Gasteiger partial charge on any atom is 0.413 e. The first kappa shape index (κ1) is 18.8. The van der Waals surface area contributed by atoms with E-state index in [4.69, 9.17) is 4.74 Å². The van der Waals surface area contributed by atoms with Gasteiger partial charge in [-0.1, -0.05) is 18.2 Å². The van der Waals surface area contributed by atoms with Crippen LogP contribution in [0.4, 0.5) is 21.9 Å². The summed E-state index contributed by atoms with van der Waals surface area (Å²) in [4.78, 5) is 27.9. The van der Waals surface area contributed by atoms with Gasteiger partial charge in [0.25, 0.3) is 0 Å². The van der Waals surface area contributed by atoms with Crippen LogP contribution in [-0.4, -0.2) is 38.2 Å². The average molecular weight is 367 g/mol. The highest BCUT2D eigenvalue weighted by Crippen LogP contribution is 2.32. The summed E-state index contributed by atoms with van der Waals surface area (Å²) in [5, 5.41) is 3.25. The van der Waals surface area contributed by atoms with E-state index in [2.05, 4.69) is 18.3 Å². The molecule has 1 heterocycles. The average Bonchev–Trinajstić information content (AvgIpc) is 3.02. The number of methoxy groups -OCH3 is 1. The van der Waals surface area contributed by atoms with Crippen LogP contribution in [0.25, 0.3) is 0 Å². The van der Waals surface area contributed by atoms with Crippen molar-refractivity contribution in [2.75, 3.05) is 29.3 Å². The van der Waals surface area contributed by atoms with Crippen molar-refractivity contribution in [3.05, 3.63) is 54.1 Å². The maximum atomic E-state index is 13.0. The molecule has 0 saturated heterocycles. The molecule has 0 aliphatic carbocycles. The first-order valence-corrected chi connectivity index (χ1v) is 9.01. The van der Waals surface area contributed by atoms with Gasteiger partial charge in [0.15, 0.2) is 0 Å². The van der Waals surface area contributed by atoms with Gasteiger partial charge in [0.1, 0.15) is 6.04 Å². The Bertz CT molecular complexity index is 835. The highest BCUT2D eigenvalue weighted by atomic mass is 16.5. The number of nitrogens with zero attached hydrogens (tertiary/aromatic N) is 2. The number of rotatable bonds is 4. The Morgan fingerprint density at radius 3 is 2.52 bits per heavy atom. The molecule has 2 atom stereocenters. The Morgan fingerprint density at radius 2 is 1.85 bits per heavy atom. The summed E-state index contributed by atoms with van der Waals surface area (Å²) in [6.45, 7) is 3.94. The summed E-state index contributed by atoms with van der Waals surface area (Å²) in [5.74, 6) is 0.0446. The molecule has 0 fully saturated rings. The predicted octanol–water partition coefficient (Wildman–Crippen LogP) is 3.67. The fourth-order valence-electron chi connectivity index (χ4n) is 3.45. The lowest BCUT2D eigenvalue weighted by molar-refractivity contribution is -0.119. The van der Waals surface area contributed by atoms with Crippen LogP contribution in [0.15, 0.2) is 48.5 Å². The first-order chi connectivity index (χ1) is 12.9. The molecule has 0 bridgehead atoms. The molecule has 2 aromatic carbocycles. The van der Waals surface area contributed by atoms with Crippen molar-refractivity contribution in [3.8, 4) is 0 Å². The third kappa shape index (κ3) is 3.74. The van der Waals surface area contributed by atoms with Crippen molar-refractivity contribution < 1.29 is 14.3 Å². The molecule has 0 aromatic heterocycles. The van der Waals surface area contributed by atoms with Crippen LogP contribution < -0.4 is 15.1 Å². The first-order valence-electron chi connectivity index (χ1n) is 9.01. The molecule has 1 aliphatic rings. The van der Waals surface area contributed by atoms with E-state index in [1.54, 1.807) is 7.05 Å². The van der Waals surface area contributed by atoms with E-state index in [1.165, 1.54) is 17.6 Å². The molecule has 1 aliphatic heterocycles. The number of anilines is 3. The molecule has 0 saturated carbocycles. The molecule has 2 amide bonds. The quantitative estimate of drug-likeness (QED) is 0.896. The predicted molar refractivity (Wildman–Crippen MR) is 107 cm³/mol. The highest BCUT2D eigenvalue weighted by Gasteiger charge is 2.32. The van der Waals surface area contributed by atoms with Crippen LogP contribution in [0, 0.1) is 0 Å². The zero-order chi connectivity index (χ0) is 19.6. The lowest BCUT2D eigenvalue weighted by Crippen LogP contribution is -2.44. The fraction of sp³-hybridized carbons (Fsp3) is 0.333. The summed E-state index contributed by atoms with van der Waals surface area (Å²) in [6, 6.07) is 15.1. The minimum absolute atomic E-state index is 0.0446. The zero-order valence-corrected chi connectivity index (χ0v) is 16.1. The van der Waals surface area contributed by atoms with Crippen molar-refractivity contribution >= 4 is 29.1 Å². The van der Waals surface area contributed by atoms with Gasteiger partial charge in [0, 0.05) is 30.2 Å². The van der Waals surface area contributed by atoms with E-state index in [0.717, 1.165) is 17.8 Å². The summed E-state index contributed by atoms with van der Waals surface area (Å²) in [7, 11) is 2.99. The van der Waals surface area contributed by atoms with Crippen molar-refractivity contribution in [2.45, 2.75) is 32.4 Å². The number of nitrogens with one attached hydrogen (secondary N) is 1. The number of fused-ring (bicyclic) bond motifs is 1. The summed E-state index contributed by atoms with van der Waals surface area (Å²) < 4.78 is 4.71. The van der Waals surface area contributed by atoms with Crippen LogP contribution in [0.3, 0.4) is 0 Å². The number of carbonyl (C=O) groups is 2. The molecule has 0 spiro atoms. The second kappa shape index (κ2) is 7.70. The van der Waals surface area contributed by atoms with Crippen molar-refractivity contribution in [3.63, 3.8) is 0 Å².